The molecule has 0 radical (unpaired) electrons. The van der Waals surface area contributed by atoms with Gasteiger partial charge in [-0.05, 0) is 48.5 Å². The van der Waals surface area contributed by atoms with Crippen molar-refractivity contribution in [2.75, 3.05) is 10.6 Å². The Morgan fingerprint density at radius 2 is 1.13 bits per heavy atom. The summed E-state index contributed by atoms with van der Waals surface area (Å²) in [6.45, 7) is 0. The van der Waals surface area contributed by atoms with Crippen molar-refractivity contribution in [3.63, 3.8) is 0 Å². The second kappa shape index (κ2) is 19.4. The van der Waals surface area contributed by atoms with E-state index in [4.69, 9.17) is 0 Å². The van der Waals surface area contributed by atoms with E-state index in [0.29, 0.717) is 22.3 Å². The van der Waals surface area contributed by atoms with Crippen molar-refractivity contribution in [2.45, 2.75) is 4.90 Å². The average Bonchev–Trinajstić information content (AvgIpc) is 4.12. The maximum atomic E-state index is 13.4. The fraction of sp³-hybridized carbons (Fsp3) is 0. The number of amides is 2. The molecule has 6 aromatic heterocycles. The molecule has 21 heteroatoms. The molecule has 9 rings (SSSR count). The van der Waals surface area contributed by atoms with E-state index in [0.717, 1.165) is 24.7 Å². The number of fused-ring (bicyclic) bond motifs is 2. The number of hydrogen-bond donors (Lipinski definition) is 5. The molecule has 0 bridgehead atoms. The number of H-pyrrole nitrogens is 1. The Kier molecular flexibility index (Phi) is 14.1. The number of aromatic carboxylic acids is 2. The molecular weight excluding hydrogens is 880 g/mol. The number of hydrogen-bond acceptors (Lipinski definition) is 13. The monoisotopic (exact) mass is 908 g/mol. The summed E-state index contributed by atoms with van der Waals surface area (Å²) in [6, 6.07) is 23.3. The Morgan fingerprint density at radius 3 is 1.65 bits per heavy atom. The van der Waals surface area contributed by atoms with Gasteiger partial charge < -0.3 is 31.3 Å². The molecule has 0 spiro atoms. The van der Waals surface area contributed by atoms with Gasteiger partial charge in [-0.1, -0.05) is 42.5 Å². The molecule has 0 aliphatic rings. The van der Waals surface area contributed by atoms with Crippen LogP contribution in [0.4, 0.5) is 11.4 Å². The maximum Gasteiger partial charge on any atom is 1.00 e. The van der Waals surface area contributed by atoms with Gasteiger partial charge >= 0.3 is 41.5 Å². The molecule has 0 atom stereocenters. The van der Waals surface area contributed by atoms with Gasteiger partial charge in [0.15, 0.2) is 5.65 Å². The Morgan fingerprint density at radius 1 is 0.635 bits per heavy atom. The maximum absolute atomic E-state index is 13.4. The molecule has 310 valence electrons. The molecule has 0 fully saturated rings. The molecule has 0 saturated heterocycles. The molecule has 3 aromatic carbocycles. The van der Waals surface area contributed by atoms with Crippen molar-refractivity contribution in [3.8, 4) is 20.9 Å². The molecule has 0 saturated carbocycles. The number of aromatic nitrogens is 6. The molecular formula is C42H29N8NaO9S3. The summed E-state index contributed by atoms with van der Waals surface area (Å²) in [5.41, 5.74) is 6.44. The van der Waals surface area contributed by atoms with Crippen LogP contribution in [-0.4, -0.2) is 76.8 Å². The minimum Gasteiger partial charge on any atom is -0.870 e. The Hall–Kier alpha value is -6.91. The van der Waals surface area contributed by atoms with Gasteiger partial charge in [0, 0.05) is 46.7 Å². The molecule has 2 amide bonds. The third-order valence-electron chi connectivity index (χ3n) is 9.16. The third-order valence-corrected chi connectivity index (χ3v) is 12.4. The predicted molar refractivity (Wildman–Crippen MR) is 232 cm³/mol. The van der Waals surface area contributed by atoms with Gasteiger partial charge in [0.05, 0.1) is 71.7 Å². The molecule has 17 nitrogen and oxygen atoms in total. The van der Waals surface area contributed by atoms with Crippen LogP contribution in [0.15, 0.2) is 144 Å². The van der Waals surface area contributed by atoms with Crippen molar-refractivity contribution in [1.29, 1.82) is 0 Å². The molecule has 6 heterocycles. The number of carboxylic acids is 2. The number of benzene rings is 3. The van der Waals surface area contributed by atoms with Crippen LogP contribution < -0.4 is 40.2 Å². The number of aromatic amines is 1. The van der Waals surface area contributed by atoms with Gasteiger partial charge in [-0.3, -0.25) is 19.6 Å². The van der Waals surface area contributed by atoms with Gasteiger partial charge in [-0.25, -0.2) is 31.9 Å². The van der Waals surface area contributed by atoms with Crippen LogP contribution in [0, 0.1) is 0 Å². The van der Waals surface area contributed by atoms with Crippen LogP contribution >= 0.6 is 22.7 Å². The SMILES string of the molecule is O=C(O)c1ccccc1C(=O)Nc1cnc2[nH]cc(-c3cncs3)c2c1.O=C(O)c1ccccc1C(=O)Nc1cnc2c(c1)c(-c1cncs1)cn2S(=O)(=O)c1ccccc1.[Na+].[OH-]. The third kappa shape index (κ3) is 9.46. The van der Waals surface area contributed by atoms with E-state index in [9.17, 15) is 37.8 Å². The summed E-state index contributed by atoms with van der Waals surface area (Å²) in [6.07, 6.45) is 9.57. The molecule has 0 aliphatic carbocycles. The largest absolute Gasteiger partial charge is 1.00 e. The van der Waals surface area contributed by atoms with Crippen LogP contribution in [0.3, 0.4) is 0 Å². The zero-order valence-corrected chi connectivity index (χ0v) is 37.0. The Balaban J connectivity index is 0.000000211. The smallest absolute Gasteiger partial charge is 0.870 e. The van der Waals surface area contributed by atoms with Crippen molar-refractivity contribution in [1.82, 2.24) is 28.9 Å². The summed E-state index contributed by atoms with van der Waals surface area (Å²) in [5, 5.41) is 25.3. The topological polar surface area (TPSA) is 269 Å². The van der Waals surface area contributed by atoms with E-state index >= 15 is 0 Å². The molecule has 63 heavy (non-hydrogen) atoms. The quantitative estimate of drug-likeness (QED) is 0.115. The molecule has 9 aromatic rings. The van der Waals surface area contributed by atoms with Gasteiger partial charge in [-0.2, -0.15) is 0 Å². The summed E-state index contributed by atoms with van der Waals surface area (Å²) < 4.78 is 27.8. The summed E-state index contributed by atoms with van der Waals surface area (Å²) >= 11 is 2.84. The Labute approximate surface area is 386 Å². The van der Waals surface area contributed by atoms with Crippen LogP contribution in [0.25, 0.3) is 42.9 Å². The number of nitrogens with zero attached hydrogens (tertiary/aromatic N) is 5. The Bertz CT molecular complexity index is 3230. The number of carboxylic acid groups (broad SMARTS) is 2. The van der Waals surface area contributed by atoms with Crippen molar-refractivity contribution in [2.24, 2.45) is 0 Å². The number of carbonyl (C=O) groups is 4. The number of pyridine rings is 2. The van der Waals surface area contributed by atoms with E-state index in [1.807, 2.05) is 6.20 Å². The second-order valence-corrected chi connectivity index (χ2v) is 16.5. The van der Waals surface area contributed by atoms with Crippen LogP contribution in [-0.2, 0) is 10.0 Å². The first-order valence-corrected chi connectivity index (χ1v) is 21.0. The van der Waals surface area contributed by atoms with E-state index < -0.39 is 33.8 Å². The number of nitrogens with one attached hydrogen (secondary N) is 3. The summed E-state index contributed by atoms with van der Waals surface area (Å²) in [7, 11) is -3.94. The first-order chi connectivity index (χ1) is 29.5. The average molecular weight is 909 g/mol. The van der Waals surface area contributed by atoms with E-state index in [2.05, 4.69) is 35.6 Å². The molecule has 0 unspecified atom stereocenters. The van der Waals surface area contributed by atoms with E-state index in [1.54, 1.807) is 71.9 Å². The first-order valence-electron chi connectivity index (χ1n) is 17.8. The fourth-order valence-corrected chi connectivity index (χ4v) is 8.98. The summed E-state index contributed by atoms with van der Waals surface area (Å²) in [4.78, 5) is 69.8. The van der Waals surface area contributed by atoms with Gasteiger partial charge in [0.1, 0.15) is 5.65 Å². The van der Waals surface area contributed by atoms with Crippen LogP contribution in [0.2, 0.25) is 0 Å². The van der Waals surface area contributed by atoms with Crippen molar-refractivity contribution in [3.05, 3.63) is 161 Å². The first kappa shape index (κ1) is 45.6. The van der Waals surface area contributed by atoms with Crippen molar-refractivity contribution >= 4 is 89.9 Å². The van der Waals surface area contributed by atoms with E-state index in [1.165, 1.54) is 83.7 Å². The number of rotatable bonds is 10. The van der Waals surface area contributed by atoms with Gasteiger partial charge in [0.2, 0.25) is 0 Å². The van der Waals surface area contributed by atoms with Gasteiger partial charge in [-0.15, -0.1) is 22.7 Å². The minimum atomic E-state index is -3.94. The zero-order valence-electron chi connectivity index (χ0n) is 32.5. The van der Waals surface area contributed by atoms with Crippen molar-refractivity contribution < 1.29 is 72.8 Å². The van der Waals surface area contributed by atoms with E-state index in [-0.39, 0.29) is 73.5 Å². The normalized spacial score (nSPS) is 10.8. The fourth-order valence-electron chi connectivity index (χ4n) is 6.34. The number of carbonyl (C=O) groups excluding carboxylic acids is 2. The van der Waals surface area contributed by atoms with Crippen LogP contribution in [0.1, 0.15) is 41.4 Å². The standard InChI is InChI=1S/C24H16N4O5S2.C18H12N4O3S.Na.H2O/c29-23(17-8-4-5-9-18(17)24(30)31)27-15-10-19-20(21-12-25-14-34-21)13-28(22(19)26-11-15)35(32,33)16-6-2-1-3-7-16;23-17(11-3-1-2-4-12(11)18(24)25)22-10-5-13-14(15-8-19-9-26-15)7-21-16(13)20-6-10;;/h1-14H,(H,27,29)(H,30,31);1-9H,(H,20,21)(H,22,23)(H,24,25);;1H2/q;;+1;/p-1. The number of thiazole rings is 2. The predicted octanol–water partition coefficient (Wildman–Crippen LogP) is 4.81. The second-order valence-electron chi connectivity index (χ2n) is 12.9. The number of anilines is 2. The zero-order chi connectivity index (χ0) is 42.7. The van der Waals surface area contributed by atoms with Crippen LogP contribution in [0.5, 0.6) is 0 Å². The minimum absolute atomic E-state index is 0. The van der Waals surface area contributed by atoms with Gasteiger partial charge in [0.25, 0.3) is 21.8 Å². The molecule has 0 aliphatic heterocycles. The molecule has 6 N–H and O–H groups in total. The summed E-state index contributed by atoms with van der Waals surface area (Å²) in [5.74, 6) is -3.50.